The van der Waals surface area contributed by atoms with Crippen LogP contribution in [0, 0.1) is 6.92 Å². The van der Waals surface area contributed by atoms with E-state index in [1.54, 1.807) is 25.1 Å². The van der Waals surface area contributed by atoms with Crippen molar-refractivity contribution in [3.63, 3.8) is 0 Å². The van der Waals surface area contributed by atoms with Crippen molar-refractivity contribution >= 4 is 23.2 Å². The smallest absolute Gasteiger partial charge is 0.256 e. The molecule has 0 saturated carbocycles. The van der Waals surface area contributed by atoms with Crippen molar-refractivity contribution < 1.29 is 19.8 Å². The van der Waals surface area contributed by atoms with Crippen molar-refractivity contribution in [3.05, 3.63) is 48.0 Å². The first kappa shape index (κ1) is 14.9. The van der Waals surface area contributed by atoms with E-state index in [9.17, 15) is 19.8 Å². The second kappa shape index (κ2) is 5.64. The molecule has 0 aromatic heterocycles. The van der Waals surface area contributed by atoms with E-state index < -0.39 is 6.04 Å². The molecule has 1 aliphatic rings. The summed E-state index contributed by atoms with van der Waals surface area (Å²) in [6.07, 6.45) is 0.0556. The van der Waals surface area contributed by atoms with Crippen molar-refractivity contribution in [2.24, 2.45) is 0 Å². The molecule has 0 bridgehead atoms. The monoisotopic (exact) mass is 312 g/mol. The third kappa shape index (κ3) is 2.83. The Morgan fingerprint density at radius 2 is 1.70 bits per heavy atom. The predicted molar refractivity (Wildman–Crippen MR) is 85.5 cm³/mol. The second-order valence-corrected chi connectivity index (χ2v) is 5.49. The van der Waals surface area contributed by atoms with E-state index in [4.69, 9.17) is 0 Å². The fourth-order valence-corrected chi connectivity index (χ4v) is 2.65. The lowest BCUT2D eigenvalue weighted by molar-refractivity contribution is -0.121. The van der Waals surface area contributed by atoms with Gasteiger partial charge in [0.05, 0.1) is 12.1 Å². The number of hydrogen-bond donors (Lipinski definition) is 3. The third-order valence-electron chi connectivity index (χ3n) is 3.78. The van der Waals surface area contributed by atoms with Gasteiger partial charge >= 0.3 is 0 Å². The highest BCUT2D eigenvalue weighted by atomic mass is 16.3. The molecule has 0 radical (unpaired) electrons. The van der Waals surface area contributed by atoms with E-state index >= 15 is 0 Å². The summed E-state index contributed by atoms with van der Waals surface area (Å²) in [7, 11) is 0. The number of aryl methyl sites for hydroxylation is 1. The van der Waals surface area contributed by atoms with Crippen molar-refractivity contribution in [1.82, 2.24) is 0 Å². The van der Waals surface area contributed by atoms with Crippen LogP contribution in [0.15, 0.2) is 42.5 Å². The van der Waals surface area contributed by atoms with Crippen LogP contribution in [-0.2, 0) is 9.59 Å². The Labute approximate surface area is 133 Å². The maximum absolute atomic E-state index is 12.6. The van der Waals surface area contributed by atoms with Gasteiger partial charge in [0.15, 0.2) is 0 Å². The molecule has 0 aliphatic carbocycles. The predicted octanol–water partition coefficient (Wildman–Crippen LogP) is 2.15. The number of amides is 2. The first-order chi connectivity index (χ1) is 11.0. The number of imide groups is 1. The standard InChI is InChI=1S/C17H16N2O4/c1-10-8-13(21)6-7-15(10)19-16(22)9-14(17(19)23)18-11-2-4-12(20)5-3-11/h2-8,14,18,20-21H,9H2,1H3. The largest absolute Gasteiger partial charge is 0.508 e. The minimum absolute atomic E-state index is 0.0556. The van der Waals surface area contributed by atoms with Gasteiger partial charge in [-0.3, -0.25) is 9.59 Å². The minimum Gasteiger partial charge on any atom is -0.508 e. The molecule has 2 amide bonds. The van der Waals surface area contributed by atoms with Crippen LogP contribution in [0.5, 0.6) is 11.5 Å². The number of hydrogen-bond acceptors (Lipinski definition) is 5. The van der Waals surface area contributed by atoms with Crippen molar-refractivity contribution in [3.8, 4) is 11.5 Å². The van der Waals surface area contributed by atoms with Gasteiger partial charge in [-0.1, -0.05) is 0 Å². The molecule has 1 saturated heterocycles. The normalized spacial score (nSPS) is 17.6. The molecule has 1 unspecified atom stereocenters. The lowest BCUT2D eigenvalue weighted by Crippen LogP contribution is -2.35. The molecule has 2 aromatic rings. The SMILES string of the molecule is Cc1cc(O)ccc1N1C(=O)CC(Nc2ccc(O)cc2)C1=O. The number of nitrogens with one attached hydrogen (secondary N) is 1. The number of phenolic OH excluding ortho intramolecular Hbond substituents is 2. The van der Waals surface area contributed by atoms with Crippen LogP contribution in [0.3, 0.4) is 0 Å². The molecule has 2 aromatic carbocycles. The van der Waals surface area contributed by atoms with Crippen LogP contribution in [-0.4, -0.2) is 28.1 Å². The fourth-order valence-electron chi connectivity index (χ4n) is 2.65. The summed E-state index contributed by atoms with van der Waals surface area (Å²) >= 11 is 0. The Morgan fingerprint density at radius 1 is 1.04 bits per heavy atom. The number of carbonyl (C=O) groups excluding carboxylic acids is 2. The summed E-state index contributed by atoms with van der Waals surface area (Å²) in [6.45, 7) is 1.73. The summed E-state index contributed by atoms with van der Waals surface area (Å²) in [5.41, 5.74) is 1.78. The molecule has 3 N–H and O–H groups in total. The number of aromatic hydroxyl groups is 2. The van der Waals surface area contributed by atoms with E-state index in [1.165, 1.54) is 24.3 Å². The fraction of sp³-hybridized carbons (Fsp3) is 0.176. The van der Waals surface area contributed by atoms with Crippen molar-refractivity contribution in [2.45, 2.75) is 19.4 Å². The number of nitrogens with zero attached hydrogens (tertiary/aromatic N) is 1. The van der Waals surface area contributed by atoms with Gasteiger partial charge in [-0.05, 0) is 55.0 Å². The molecule has 6 nitrogen and oxygen atoms in total. The van der Waals surface area contributed by atoms with Gasteiger partial charge in [-0.2, -0.15) is 0 Å². The highest BCUT2D eigenvalue weighted by molar-refractivity contribution is 6.23. The average Bonchev–Trinajstić information content (AvgIpc) is 2.77. The Hall–Kier alpha value is -3.02. The van der Waals surface area contributed by atoms with Gasteiger partial charge in [0.25, 0.3) is 5.91 Å². The topological polar surface area (TPSA) is 89.9 Å². The van der Waals surface area contributed by atoms with Gasteiger partial charge in [0.2, 0.25) is 5.91 Å². The number of benzene rings is 2. The quantitative estimate of drug-likeness (QED) is 0.597. The Morgan fingerprint density at radius 3 is 2.35 bits per heavy atom. The molecule has 1 heterocycles. The Kier molecular flexibility index (Phi) is 3.65. The maximum atomic E-state index is 12.6. The maximum Gasteiger partial charge on any atom is 0.256 e. The molecule has 23 heavy (non-hydrogen) atoms. The molecule has 6 heteroatoms. The summed E-state index contributed by atoms with van der Waals surface area (Å²) in [5.74, 6) is -0.410. The van der Waals surface area contributed by atoms with Crippen LogP contribution in [0.1, 0.15) is 12.0 Å². The molecule has 1 fully saturated rings. The molecule has 1 atom stereocenters. The van der Waals surface area contributed by atoms with E-state index in [1.807, 2.05) is 0 Å². The molecular weight excluding hydrogens is 296 g/mol. The highest BCUT2D eigenvalue weighted by Crippen LogP contribution is 2.30. The summed E-state index contributed by atoms with van der Waals surface area (Å²) in [5, 5.41) is 21.7. The van der Waals surface area contributed by atoms with Crippen LogP contribution in [0.4, 0.5) is 11.4 Å². The van der Waals surface area contributed by atoms with E-state index in [0.29, 0.717) is 16.9 Å². The lowest BCUT2D eigenvalue weighted by atomic mass is 10.1. The number of rotatable bonds is 3. The van der Waals surface area contributed by atoms with E-state index in [0.717, 1.165) is 4.90 Å². The second-order valence-electron chi connectivity index (χ2n) is 5.49. The number of anilines is 2. The molecule has 3 rings (SSSR count). The minimum atomic E-state index is -0.653. The lowest BCUT2D eigenvalue weighted by Gasteiger charge is -2.18. The van der Waals surface area contributed by atoms with Crippen LogP contribution in [0.2, 0.25) is 0 Å². The van der Waals surface area contributed by atoms with E-state index in [2.05, 4.69) is 5.32 Å². The van der Waals surface area contributed by atoms with Crippen LogP contribution >= 0.6 is 0 Å². The zero-order valence-electron chi connectivity index (χ0n) is 12.5. The molecule has 118 valence electrons. The molecular formula is C17H16N2O4. The number of phenols is 2. The molecule has 1 aliphatic heterocycles. The van der Waals surface area contributed by atoms with Crippen molar-refractivity contribution in [1.29, 1.82) is 0 Å². The van der Waals surface area contributed by atoms with Crippen LogP contribution in [0.25, 0.3) is 0 Å². The number of carbonyl (C=O) groups is 2. The summed E-state index contributed by atoms with van der Waals surface area (Å²) in [4.78, 5) is 25.9. The highest BCUT2D eigenvalue weighted by Gasteiger charge is 2.40. The van der Waals surface area contributed by atoms with Gasteiger partial charge in [0, 0.05) is 5.69 Å². The Bertz CT molecular complexity index is 771. The van der Waals surface area contributed by atoms with Gasteiger partial charge < -0.3 is 15.5 Å². The third-order valence-corrected chi connectivity index (χ3v) is 3.78. The van der Waals surface area contributed by atoms with E-state index in [-0.39, 0.29) is 29.7 Å². The van der Waals surface area contributed by atoms with Crippen LogP contribution < -0.4 is 10.2 Å². The first-order valence-corrected chi connectivity index (χ1v) is 7.17. The van der Waals surface area contributed by atoms with Crippen molar-refractivity contribution in [2.75, 3.05) is 10.2 Å². The van der Waals surface area contributed by atoms with Gasteiger partial charge in [-0.25, -0.2) is 4.90 Å². The zero-order valence-corrected chi connectivity index (χ0v) is 12.5. The van der Waals surface area contributed by atoms with Gasteiger partial charge in [0.1, 0.15) is 17.5 Å². The zero-order chi connectivity index (χ0) is 16.6. The Balaban J connectivity index is 1.83. The summed E-state index contributed by atoms with van der Waals surface area (Å²) in [6, 6.07) is 10.2. The average molecular weight is 312 g/mol. The van der Waals surface area contributed by atoms with Gasteiger partial charge in [-0.15, -0.1) is 0 Å². The first-order valence-electron chi connectivity index (χ1n) is 7.17. The molecule has 0 spiro atoms. The summed E-state index contributed by atoms with van der Waals surface area (Å²) < 4.78 is 0.